The lowest BCUT2D eigenvalue weighted by atomic mass is 10.2. The van der Waals surface area contributed by atoms with Gasteiger partial charge < -0.3 is 9.80 Å². The minimum atomic E-state index is -0.0590. The topological polar surface area (TPSA) is 66.4 Å². The molecule has 1 aromatic heterocycles. The first-order chi connectivity index (χ1) is 8.59. The number of aryl methyl sites for hydroxylation is 1. The standard InChI is InChI=1S/C12H16N4O2/c1-9-11(7-13-8-14-9)12(18)16-5-3-15(4-6-16)10(2)17/h7-8H,3-6H2,1-2H3. The zero-order valence-corrected chi connectivity index (χ0v) is 10.6. The molecule has 18 heavy (non-hydrogen) atoms. The van der Waals surface area contributed by atoms with Gasteiger partial charge in [0.2, 0.25) is 5.91 Å². The van der Waals surface area contributed by atoms with E-state index in [9.17, 15) is 9.59 Å². The van der Waals surface area contributed by atoms with Crippen molar-refractivity contribution in [2.24, 2.45) is 0 Å². The minimum absolute atomic E-state index is 0.0568. The molecule has 0 aliphatic carbocycles. The molecule has 0 aromatic carbocycles. The van der Waals surface area contributed by atoms with E-state index < -0.39 is 0 Å². The van der Waals surface area contributed by atoms with Crippen LogP contribution in [0, 0.1) is 6.92 Å². The lowest BCUT2D eigenvalue weighted by Gasteiger charge is -2.34. The molecule has 1 aliphatic heterocycles. The Morgan fingerprint density at radius 3 is 2.33 bits per heavy atom. The van der Waals surface area contributed by atoms with E-state index in [2.05, 4.69) is 9.97 Å². The monoisotopic (exact) mass is 248 g/mol. The van der Waals surface area contributed by atoms with Crippen molar-refractivity contribution in [2.75, 3.05) is 26.2 Å². The number of aromatic nitrogens is 2. The predicted molar refractivity (Wildman–Crippen MR) is 64.9 cm³/mol. The van der Waals surface area contributed by atoms with Crippen molar-refractivity contribution in [1.82, 2.24) is 19.8 Å². The Kier molecular flexibility index (Phi) is 3.55. The molecule has 1 saturated heterocycles. The highest BCUT2D eigenvalue weighted by Crippen LogP contribution is 2.10. The first-order valence-corrected chi connectivity index (χ1v) is 5.91. The van der Waals surface area contributed by atoms with Crippen molar-refractivity contribution < 1.29 is 9.59 Å². The predicted octanol–water partition coefficient (Wildman–Crippen LogP) is 0.0893. The van der Waals surface area contributed by atoms with Crippen molar-refractivity contribution in [3.63, 3.8) is 0 Å². The smallest absolute Gasteiger partial charge is 0.257 e. The van der Waals surface area contributed by atoms with Crippen molar-refractivity contribution in [2.45, 2.75) is 13.8 Å². The van der Waals surface area contributed by atoms with E-state index in [0.717, 1.165) is 0 Å². The Balaban J connectivity index is 2.04. The number of rotatable bonds is 1. The summed E-state index contributed by atoms with van der Waals surface area (Å²) >= 11 is 0. The third-order valence-electron chi connectivity index (χ3n) is 3.15. The first kappa shape index (κ1) is 12.5. The molecular formula is C12H16N4O2. The van der Waals surface area contributed by atoms with Crippen LogP contribution in [0.2, 0.25) is 0 Å². The fraction of sp³-hybridized carbons (Fsp3) is 0.500. The second kappa shape index (κ2) is 5.12. The number of piperazine rings is 1. The van der Waals surface area contributed by atoms with Crippen molar-refractivity contribution in [3.8, 4) is 0 Å². The van der Waals surface area contributed by atoms with E-state index >= 15 is 0 Å². The lowest BCUT2D eigenvalue weighted by Crippen LogP contribution is -2.50. The Morgan fingerprint density at radius 2 is 1.78 bits per heavy atom. The minimum Gasteiger partial charge on any atom is -0.339 e. The molecule has 2 amide bonds. The first-order valence-electron chi connectivity index (χ1n) is 5.91. The zero-order valence-electron chi connectivity index (χ0n) is 10.6. The third-order valence-corrected chi connectivity index (χ3v) is 3.15. The fourth-order valence-electron chi connectivity index (χ4n) is 2.00. The average molecular weight is 248 g/mol. The number of nitrogens with zero attached hydrogens (tertiary/aromatic N) is 4. The fourth-order valence-corrected chi connectivity index (χ4v) is 2.00. The third kappa shape index (κ3) is 2.47. The van der Waals surface area contributed by atoms with Gasteiger partial charge in [-0.05, 0) is 6.92 Å². The molecule has 6 nitrogen and oxygen atoms in total. The van der Waals surface area contributed by atoms with Gasteiger partial charge in [0.1, 0.15) is 6.33 Å². The van der Waals surface area contributed by atoms with Crippen LogP contribution in [0.5, 0.6) is 0 Å². The van der Waals surface area contributed by atoms with Crippen molar-refractivity contribution in [1.29, 1.82) is 0 Å². The van der Waals surface area contributed by atoms with E-state index in [1.165, 1.54) is 6.33 Å². The second-order valence-corrected chi connectivity index (χ2v) is 4.32. The molecule has 1 aromatic rings. The lowest BCUT2D eigenvalue weighted by molar-refractivity contribution is -0.130. The van der Waals surface area contributed by atoms with Crippen LogP contribution in [0.4, 0.5) is 0 Å². The molecule has 1 fully saturated rings. The summed E-state index contributed by atoms with van der Waals surface area (Å²) in [7, 11) is 0. The molecule has 0 bridgehead atoms. The quantitative estimate of drug-likeness (QED) is 0.706. The summed E-state index contributed by atoms with van der Waals surface area (Å²) in [4.78, 5) is 34.8. The maximum atomic E-state index is 12.2. The Labute approximate surface area is 106 Å². The van der Waals surface area contributed by atoms with E-state index in [1.54, 1.807) is 29.8 Å². The molecule has 2 rings (SSSR count). The number of amides is 2. The van der Waals surface area contributed by atoms with Crippen LogP contribution < -0.4 is 0 Å². The van der Waals surface area contributed by atoms with Crippen LogP contribution in [0.1, 0.15) is 23.0 Å². The normalized spacial score (nSPS) is 15.7. The summed E-state index contributed by atoms with van der Waals surface area (Å²) in [5.74, 6) is -0.00220. The number of carbonyl (C=O) groups is 2. The van der Waals surface area contributed by atoms with E-state index in [-0.39, 0.29) is 11.8 Å². The summed E-state index contributed by atoms with van der Waals surface area (Å²) < 4.78 is 0. The number of hydrogen-bond donors (Lipinski definition) is 0. The summed E-state index contributed by atoms with van der Waals surface area (Å²) in [6.45, 7) is 5.65. The molecule has 6 heteroatoms. The summed E-state index contributed by atoms with van der Waals surface area (Å²) in [6, 6.07) is 0. The van der Waals surface area contributed by atoms with Gasteiger partial charge in [-0.2, -0.15) is 0 Å². The van der Waals surface area contributed by atoms with Gasteiger partial charge in [0.25, 0.3) is 5.91 Å². The van der Waals surface area contributed by atoms with Gasteiger partial charge in [-0.15, -0.1) is 0 Å². The average Bonchev–Trinajstić information content (AvgIpc) is 2.38. The van der Waals surface area contributed by atoms with Crippen LogP contribution in [-0.4, -0.2) is 57.8 Å². The Bertz CT molecular complexity index is 467. The molecule has 0 saturated carbocycles. The van der Waals surface area contributed by atoms with Gasteiger partial charge >= 0.3 is 0 Å². The van der Waals surface area contributed by atoms with E-state index in [4.69, 9.17) is 0 Å². The highest BCUT2D eigenvalue weighted by molar-refractivity contribution is 5.95. The van der Waals surface area contributed by atoms with Crippen molar-refractivity contribution >= 4 is 11.8 Å². The molecule has 0 unspecified atom stereocenters. The zero-order chi connectivity index (χ0) is 13.1. The van der Waals surface area contributed by atoms with Gasteiger partial charge in [0, 0.05) is 39.3 Å². The SMILES string of the molecule is CC(=O)N1CCN(C(=O)c2cncnc2C)CC1. The van der Waals surface area contributed by atoms with Crippen LogP contribution in [0.15, 0.2) is 12.5 Å². The van der Waals surface area contributed by atoms with Crippen molar-refractivity contribution in [3.05, 3.63) is 23.8 Å². The highest BCUT2D eigenvalue weighted by atomic mass is 16.2. The van der Waals surface area contributed by atoms with Gasteiger partial charge in [0.05, 0.1) is 11.3 Å². The molecular weight excluding hydrogens is 232 g/mol. The van der Waals surface area contributed by atoms with Crippen LogP contribution >= 0.6 is 0 Å². The molecule has 0 atom stereocenters. The molecule has 0 N–H and O–H groups in total. The highest BCUT2D eigenvalue weighted by Gasteiger charge is 2.24. The molecule has 1 aliphatic rings. The van der Waals surface area contributed by atoms with Crippen LogP contribution in [0.25, 0.3) is 0 Å². The summed E-state index contributed by atoms with van der Waals surface area (Å²) in [6.07, 6.45) is 2.97. The number of hydrogen-bond acceptors (Lipinski definition) is 4. The van der Waals surface area contributed by atoms with Crippen LogP contribution in [-0.2, 0) is 4.79 Å². The van der Waals surface area contributed by atoms with E-state index in [1.807, 2.05) is 0 Å². The number of carbonyl (C=O) groups excluding carboxylic acids is 2. The molecule has 0 radical (unpaired) electrons. The largest absolute Gasteiger partial charge is 0.339 e. The van der Waals surface area contributed by atoms with Gasteiger partial charge in [-0.1, -0.05) is 0 Å². The second-order valence-electron chi connectivity index (χ2n) is 4.32. The summed E-state index contributed by atoms with van der Waals surface area (Å²) in [5, 5.41) is 0. The Morgan fingerprint density at radius 1 is 1.17 bits per heavy atom. The van der Waals surface area contributed by atoms with Gasteiger partial charge in [0.15, 0.2) is 0 Å². The van der Waals surface area contributed by atoms with Gasteiger partial charge in [-0.25, -0.2) is 9.97 Å². The van der Waals surface area contributed by atoms with Gasteiger partial charge in [-0.3, -0.25) is 9.59 Å². The van der Waals surface area contributed by atoms with E-state index in [0.29, 0.717) is 37.4 Å². The maximum Gasteiger partial charge on any atom is 0.257 e. The molecule has 2 heterocycles. The molecule has 96 valence electrons. The molecule has 0 spiro atoms. The maximum absolute atomic E-state index is 12.2. The summed E-state index contributed by atoms with van der Waals surface area (Å²) in [5.41, 5.74) is 1.22. The van der Waals surface area contributed by atoms with Crippen LogP contribution in [0.3, 0.4) is 0 Å². The Hall–Kier alpha value is -1.98.